The number of ether oxygens (including phenoxy) is 2. The molecule has 0 aliphatic carbocycles. The highest BCUT2D eigenvalue weighted by atomic mass is 79.9. The van der Waals surface area contributed by atoms with Gasteiger partial charge in [-0.3, -0.25) is 4.79 Å². The predicted molar refractivity (Wildman–Crippen MR) is 72.4 cm³/mol. The van der Waals surface area contributed by atoms with Crippen molar-refractivity contribution in [3.8, 4) is 11.5 Å². The minimum atomic E-state index is -0.552. The topological polar surface area (TPSA) is 47.6 Å². The number of nitrogens with one attached hydrogen (secondary N) is 1. The van der Waals surface area contributed by atoms with E-state index in [4.69, 9.17) is 9.47 Å². The molecule has 0 radical (unpaired) electrons. The Morgan fingerprint density at radius 3 is 2.89 bits per heavy atom. The van der Waals surface area contributed by atoms with Gasteiger partial charge in [0.05, 0.1) is 0 Å². The van der Waals surface area contributed by atoms with Crippen molar-refractivity contribution in [3.63, 3.8) is 0 Å². The Morgan fingerprint density at radius 1 is 1.33 bits per heavy atom. The fraction of sp³-hybridized carbons (Fsp3) is 0.462. The van der Waals surface area contributed by atoms with Crippen LogP contribution in [0.3, 0.4) is 0 Å². The summed E-state index contributed by atoms with van der Waals surface area (Å²) in [6.45, 7) is 0.938. The molecule has 1 amide bonds. The Balaban J connectivity index is 1.83. The van der Waals surface area contributed by atoms with E-state index >= 15 is 0 Å². The molecule has 0 saturated carbocycles. The van der Waals surface area contributed by atoms with Crippen LogP contribution in [-0.4, -0.2) is 30.5 Å². The van der Waals surface area contributed by atoms with Crippen molar-refractivity contribution in [2.24, 2.45) is 0 Å². The number of hydrogen-bond donors (Lipinski definition) is 1. The molecule has 0 bridgehead atoms. The molecule has 1 aliphatic rings. The summed E-state index contributed by atoms with van der Waals surface area (Å²) >= 11 is 3.35. The van der Waals surface area contributed by atoms with Crippen molar-refractivity contribution in [3.05, 3.63) is 24.3 Å². The van der Waals surface area contributed by atoms with Crippen molar-refractivity contribution in [2.75, 3.05) is 18.5 Å². The molecular weight excluding hydrogens is 298 g/mol. The van der Waals surface area contributed by atoms with Crippen LogP contribution < -0.4 is 14.8 Å². The molecule has 1 atom stereocenters. The van der Waals surface area contributed by atoms with Crippen LogP contribution in [0.15, 0.2) is 24.3 Å². The third-order valence-electron chi connectivity index (χ3n) is 2.66. The third kappa shape index (κ3) is 3.38. The number of benzene rings is 1. The summed E-state index contributed by atoms with van der Waals surface area (Å²) in [6.07, 6.45) is 1.45. The highest BCUT2D eigenvalue weighted by Gasteiger charge is 2.26. The molecule has 2 rings (SSSR count). The second-order valence-corrected chi connectivity index (χ2v) is 4.84. The van der Waals surface area contributed by atoms with E-state index in [0.29, 0.717) is 18.0 Å². The summed E-state index contributed by atoms with van der Waals surface area (Å²) in [4.78, 5) is 11.8. The van der Waals surface area contributed by atoms with E-state index in [9.17, 15) is 4.79 Å². The highest BCUT2D eigenvalue weighted by molar-refractivity contribution is 9.09. The normalized spacial score (nSPS) is 17.3. The zero-order valence-corrected chi connectivity index (χ0v) is 11.6. The first-order valence-electron chi connectivity index (χ1n) is 6.03. The molecule has 1 heterocycles. The van der Waals surface area contributed by atoms with Gasteiger partial charge in [-0.25, -0.2) is 0 Å². The first-order valence-corrected chi connectivity index (χ1v) is 7.15. The van der Waals surface area contributed by atoms with Crippen LogP contribution in [0.4, 0.5) is 0 Å². The molecule has 98 valence electrons. The number of unbranched alkanes of at least 4 members (excludes halogenated alkanes) is 1. The van der Waals surface area contributed by atoms with Crippen molar-refractivity contribution in [1.82, 2.24) is 5.32 Å². The quantitative estimate of drug-likeness (QED) is 0.669. The van der Waals surface area contributed by atoms with Crippen LogP contribution in [0.25, 0.3) is 0 Å². The molecule has 0 fully saturated rings. The number of fused-ring (bicyclic) bond motifs is 1. The van der Waals surface area contributed by atoms with Gasteiger partial charge < -0.3 is 14.8 Å². The van der Waals surface area contributed by atoms with Crippen LogP contribution in [0.2, 0.25) is 0 Å². The van der Waals surface area contributed by atoms with Crippen LogP contribution in [0.1, 0.15) is 12.8 Å². The smallest absolute Gasteiger partial charge is 0.264 e. The highest BCUT2D eigenvalue weighted by Crippen LogP contribution is 2.30. The Bertz CT molecular complexity index is 411. The van der Waals surface area contributed by atoms with Gasteiger partial charge in [-0.2, -0.15) is 0 Å². The number of alkyl halides is 1. The van der Waals surface area contributed by atoms with Crippen molar-refractivity contribution in [1.29, 1.82) is 0 Å². The van der Waals surface area contributed by atoms with Gasteiger partial charge in [0.1, 0.15) is 6.61 Å². The van der Waals surface area contributed by atoms with Gasteiger partial charge in [0.25, 0.3) is 5.91 Å². The maximum atomic E-state index is 11.8. The summed E-state index contributed by atoms with van der Waals surface area (Å²) in [5.74, 6) is 1.21. The third-order valence-corrected chi connectivity index (χ3v) is 3.22. The largest absolute Gasteiger partial charge is 0.485 e. The van der Waals surface area contributed by atoms with Gasteiger partial charge in [0.15, 0.2) is 11.5 Å². The lowest BCUT2D eigenvalue weighted by Crippen LogP contribution is -2.44. The van der Waals surface area contributed by atoms with Crippen molar-refractivity contribution < 1.29 is 14.3 Å². The molecule has 0 spiro atoms. The number of para-hydroxylation sites is 2. The minimum absolute atomic E-state index is 0.112. The number of amides is 1. The van der Waals surface area contributed by atoms with Crippen molar-refractivity contribution >= 4 is 21.8 Å². The molecule has 5 heteroatoms. The number of rotatable bonds is 5. The summed E-state index contributed by atoms with van der Waals surface area (Å²) in [5, 5.41) is 3.81. The molecule has 1 N–H and O–H groups in total. The molecule has 0 aromatic heterocycles. The fourth-order valence-electron chi connectivity index (χ4n) is 1.69. The Hall–Kier alpha value is -1.23. The first kappa shape index (κ1) is 13.2. The average molecular weight is 314 g/mol. The summed E-state index contributed by atoms with van der Waals surface area (Å²) in [7, 11) is 0. The average Bonchev–Trinajstić information content (AvgIpc) is 2.43. The van der Waals surface area contributed by atoms with E-state index in [1.165, 1.54) is 0 Å². The van der Waals surface area contributed by atoms with E-state index < -0.39 is 6.10 Å². The standard InChI is InChI=1S/C13H16BrNO3/c14-7-3-4-8-15-13(16)12-9-17-10-5-1-2-6-11(10)18-12/h1-2,5-6,12H,3-4,7-9H2,(H,15,16). The Morgan fingerprint density at radius 2 is 2.11 bits per heavy atom. The lowest BCUT2D eigenvalue weighted by Gasteiger charge is -2.25. The number of carbonyl (C=O) groups excluding carboxylic acids is 1. The van der Waals surface area contributed by atoms with Gasteiger partial charge in [0, 0.05) is 11.9 Å². The van der Waals surface area contributed by atoms with E-state index in [1.54, 1.807) is 6.07 Å². The predicted octanol–water partition coefficient (Wildman–Crippen LogP) is 2.12. The van der Waals surface area contributed by atoms with Gasteiger partial charge >= 0.3 is 0 Å². The Kier molecular flexibility index (Phi) is 4.87. The van der Waals surface area contributed by atoms with Gasteiger partial charge in [-0.15, -0.1) is 0 Å². The van der Waals surface area contributed by atoms with Crippen LogP contribution >= 0.6 is 15.9 Å². The zero-order chi connectivity index (χ0) is 12.8. The fourth-order valence-corrected chi connectivity index (χ4v) is 2.09. The van der Waals surface area contributed by atoms with E-state index in [2.05, 4.69) is 21.2 Å². The summed E-state index contributed by atoms with van der Waals surface area (Å²) in [5.41, 5.74) is 0. The van der Waals surface area contributed by atoms with Crippen molar-refractivity contribution in [2.45, 2.75) is 18.9 Å². The number of carbonyl (C=O) groups is 1. The Labute approximate surface area is 115 Å². The van der Waals surface area contributed by atoms with Gasteiger partial charge in [-0.1, -0.05) is 28.1 Å². The molecule has 4 nitrogen and oxygen atoms in total. The lowest BCUT2D eigenvalue weighted by molar-refractivity contribution is -0.130. The molecule has 1 aliphatic heterocycles. The molecule has 18 heavy (non-hydrogen) atoms. The maximum absolute atomic E-state index is 11.8. The minimum Gasteiger partial charge on any atom is -0.485 e. The lowest BCUT2D eigenvalue weighted by atomic mass is 10.2. The van der Waals surface area contributed by atoms with E-state index in [1.807, 2.05) is 18.2 Å². The second-order valence-electron chi connectivity index (χ2n) is 4.05. The number of hydrogen-bond acceptors (Lipinski definition) is 3. The molecule has 1 aromatic carbocycles. The summed E-state index contributed by atoms with van der Waals surface area (Å²) in [6, 6.07) is 7.38. The van der Waals surface area contributed by atoms with E-state index in [0.717, 1.165) is 18.2 Å². The van der Waals surface area contributed by atoms with Gasteiger partial charge in [0.2, 0.25) is 6.10 Å². The zero-order valence-electron chi connectivity index (χ0n) is 10.0. The second kappa shape index (κ2) is 6.64. The first-order chi connectivity index (χ1) is 8.81. The number of halogens is 1. The van der Waals surface area contributed by atoms with Crippen LogP contribution in [0, 0.1) is 0 Å². The molecule has 1 unspecified atom stereocenters. The monoisotopic (exact) mass is 313 g/mol. The van der Waals surface area contributed by atoms with Crippen LogP contribution in [0.5, 0.6) is 11.5 Å². The molecule has 1 aromatic rings. The SMILES string of the molecule is O=C(NCCCCBr)C1COc2ccccc2O1. The molecular formula is C13H16BrNO3. The van der Waals surface area contributed by atoms with Crippen LogP contribution in [-0.2, 0) is 4.79 Å². The summed E-state index contributed by atoms with van der Waals surface area (Å²) < 4.78 is 11.1. The van der Waals surface area contributed by atoms with E-state index in [-0.39, 0.29) is 12.5 Å². The maximum Gasteiger partial charge on any atom is 0.264 e. The van der Waals surface area contributed by atoms with Gasteiger partial charge in [-0.05, 0) is 25.0 Å². The molecule has 0 saturated heterocycles.